The first-order valence-corrected chi connectivity index (χ1v) is 10.9. The number of hydrogen-bond acceptors (Lipinski definition) is 6. The van der Waals surface area contributed by atoms with Crippen LogP contribution in [0, 0.1) is 13.8 Å². The van der Waals surface area contributed by atoms with E-state index in [1.807, 2.05) is 68.6 Å². The van der Waals surface area contributed by atoms with Gasteiger partial charge in [0.1, 0.15) is 0 Å². The first kappa shape index (κ1) is 19.5. The van der Waals surface area contributed by atoms with Crippen LogP contribution >= 0.6 is 22.7 Å². The summed E-state index contributed by atoms with van der Waals surface area (Å²) in [6.07, 6.45) is 0. The molecule has 29 heavy (non-hydrogen) atoms. The lowest BCUT2D eigenvalue weighted by Gasteiger charge is -2.23. The Morgan fingerprint density at radius 1 is 1.10 bits per heavy atom. The van der Waals surface area contributed by atoms with Crippen molar-refractivity contribution in [1.82, 2.24) is 24.6 Å². The Kier molecular flexibility index (Phi) is 5.29. The predicted octanol–water partition coefficient (Wildman–Crippen LogP) is 4.90. The van der Waals surface area contributed by atoms with Crippen molar-refractivity contribution in [3.8, 4) is 16.4 Å². The Morgan fingerprint density at radius 2 is 1.86 bits per heavy atom. The van der Waals surface area contributed by atoms with Crippen LogP contribution in [0.4, 0.5) is 0 Å². The SMILES string of the molecule is Cc1nc(C)c(C(C)N(C)C(=O)c2nc(-c3cccs3)n(-c3ccccc3)n2)s1. The molecular formula is C21H21N5OS2. The Labute approximate surface area is 177 Å². The minimum Gasteiger partial charge on any atom is -0.331 e. The molecule has 0 aliphatic rings. The van der Waals surface area contributed by atoms with E-state index in [9.17, 15) is 4.79 Å². The van der Waals surface area contributed by atoms with Crippen molar-refractivity contribution >= 4 is 28.6 Å². The lowest BCUT2D eigenvalue weighted by Crippen LogP contribution is -2.30. The Morgan fingerprint density at radius 3 is 2.48 bits per heavy atom. The number of para-hydroxylation sites is 1. The number of nitrogens with zero attached hydrogens (tertiary/aromatic N) is 5. The second kappa shape index (κ2) is 7.88. The average Bonchev–Trinajstić information content (AvgIpc) is 3.46. The van der Waals surface area contributed by atoms with Gasteiger partial charge in [0.15, 0.2) is 5.82 Å². The van der Waals surface area contributed by atoms with E-state index < -0.39 is 0 Å². The first-order chi connectivity index (χ1) is 14.0. The topological polar surface area (TPSA) is 63.9 Å². The van der Waals surface area contributed by atoms with Gasteiger partial charge in [-0.05, 0) is 44.4 Å². The number of benzene rings is 1. The van der Waals surface area contributed by atoms with Crippen molar-refractivity contribution in [2.75, 3.05) is 7.05 Å². The van der Waals surface area contributed by atoms with Gasteiger partial charge in [-0.25, -0.2) is 14.6 Å². The Bertz CT molecular complexity index is 1130. The molecule has 0 fully saturated rings. The fraction of sp³-hybridized carbons (Fsp3) is 0.238. The highest BCUT2D eigenvalue weighted by Gasteiger charge is 2.27. The third kappa shape index (κ3) is 3.73. The van der Waals surface area contributed by atoms with Gasteiger partial charge in [0.2, 0.25) is 5.82 Å². The number of thiophene rings is 1. The van der Waals surface area contributed by atoms with Gasteiger partial charge in [-0.1, -0.05) is 24.3 Å². The Balaban J connectivity index is 1.71. The second-order valence-corrected chi connectivity index (χ2v) is 8.94. The van der Waals surface area contributed by atoms with Crippen LogP contribution in [-0.2, 0) is 0 Å². The molecule has 4 rings (SSSR count). The van der Waals surface area contributed by atoms with Crippen molar-refractivity contribution in [3.63, 3.8) is 0 Å². The second-order valence-electron chi connectivity index (χ2n) is 6.76. The molecule has 0 aliphatic carbocycles. The molecule has 0 saturated heterocycles. The molecule has 0 radical (unpaired) electrons. The van der Waals surface area contributed by atoms with E-state index in [1.54, 1.807) is 39.3 Å². The standard InChI is InChI=1S/C21H21N5OS2/c1-13-18(29-15(3)22-13)14(2)25(4)21(27)19-23-20(17-11-8-12-28-17)26(24-19)16-9-6-5-7-10-16/h5-12,14H,1-4H3. The van der Waals surface area contributed by atoms with E-state index in [1.165, 1.54) is 0 Å². The molecule has 0 bridgehead atoms. The third-order valence-electron chi connectivity index (χ3n) is 4.76. The van der Waals surface area contributed by atoms with Crippen LogP contribution in [0.5, 0.6) is 0 Å². The third-order valence-corrected chi connectivity index (χ3v) is 6.87. The van der Waals surface area contributed by atoms with Gasteiger partial charge in [-0.3, -0.25) is 4.79 Å². The van der Waals surface area contributed by atoms with Crippen LogP contribution in [-0.4, -0.2) is 37.6 Å². The maximum absolute atomic E-state index is 13.2. The zero-order valence-electron chi connectivity index (χ0n) is 16.7. The number of thiazole rings is 1. The van der Waals surface area contributed by atoms with E-state index in [4.69, 9.17) is 0 Å². The summed E-state index contributed by atoms with van der Waals surface area (Å²) in [5.41, 5.74) is 1.83. The molecule has 6 nitrogen and oxygen atoms in total. The molecule has 0 saturated carbocycles. The number of aryl methyl sites for hydroxylation is 2. The van der Waals surface area contributed by atoms with Crippen molar-refractivity contribution < 1.29 is 4.79 Å². The van der Waals surface area contributed by atoms with Gasteiger partial charge in [-0.2, -0.15) is 0 Å². The molecular weight excluding hydrogens is 402 g/mol. The van der Waals surface area contributed by atoms with Crippen molar-refractivity contribution in [1.29, 1.82) is 0 Å². The summed E-state index contributed by atoms with van der Waals surface area (Å²) in [4.78, 5) is 26.0. The number of amides is 1. The largest absolute Gasteiger partial charge is 0.331 e. The maximum Gasteiger partial charge on any atom is 0.293 e. The van der Waals surface area contributed by atoms with E-state index in [2.05, 4.69) is 15.1 Å². The number of carbonyl (C=O) groups is 1. The molecule has 3 heterocycles. The van der Waals surface area contributed by atoms with Gasteiger partial charge in [0.05, 0.1) is 27.3 Å². The zero-order chi connectivity index (χ0) is 20.5. The normalized spacial score (nSPS) is 12.1. The number of hydrogen-bond donors (Lipinski definition) is 0. The molecule has 1 atom stereocenters. The number of aromatic nitrogens is 4. The van der Waals surface area contributed by atoms with Crippen LogP contribution in [0.3, 0.4) is 0 Å². The summed E-state index contributed by atoms with van der Waals surface area (Å²) in [5.74, 6) is 0.640. The monoisotopic (exact) mass is 423 g/mol. The molecule has 4 aromatic rings. The van der Waals surface area contributed by atoms with Crippen LogP contribution in [0.1, 0.15) is 39.2 Å². The first-order valence-electron chi connectivity index (χ1n) is 9.23. The van der Waals surface area contributed by atoms with Crippen LogP contribution in [0.15, 0.2) is 47.8 Å². The van der Waals surface area contributed by atoms with Gasteiger partial charge < -0.3 is 4.90 Å². The molecule has 0 aliphatic heterocycles. The van der Waals surface area contributed by atoms with E-state index in [0.717, 1.165) is 26.1 Å². The summed E-state index contributed by atoms with van der Waals surface area (Å²) < 4.78 is 1.74. The number of carbonyl (C=O) groups excluding carboxylic acids is 1. The molecule has 1 unspecified atom stereocenters. The highest BCUT2D eigenvalue weighted by atomic mass is 32.1. The van der Waals surface area contributed by atoms with E-state index in [-0.39, 0.29) is 17.8 Å². The van der Waals surface area contributed by atoms with Gasteiger partial charge in [-0.15, -0.1) is 27.8 Å². The van der Waals surface area contributed by atoms with E-state index in [0.29, 0.717) is 5.82 Å². The van der Waals surface area contributed by atoms with Crippen molar-refractivity contribution in [2.24, 2.45) is 0 Å². The summed E-state index contributed by atoms with van der Waals surface area (Å²) in [5, 5.41) is 7.56. The average molecular weight is 424 g/mol. The zero-order valence-corrected chi connectivity index (χ0v) is 18.3. The lowest BCUT2D eigenvalue weighted by atomic mass is 10.2. The highest BCUT2D eigenvalue weighted by Crippen LogP contribution is 2.30. The molecule has 148 valence electrons. The minimum atomic E-state index is -0.213. The summed E-state index contributed by atoms with van der Waals surface area (Å²) in [7, 11) is 1.79. The smallest absolute Gasteiger partial charge is 0.293 e. The van der Waals surface area contributed by atoms with Gasteiger partial charge in [0.25, 0.3) is 5.91 Å². The highest BCUT2D eigenvalue weighted by molar-refractivity contribution is 7.13. The van der Waals surface area contributed by atoms with Crippen LogP contribution < -0.4 is 0 Å². The van der Waals surface area contributed by atoms with Gasteiger partial charge >= 0.3 is 0 Å². The number of rotatable bonds is 5. The maximum atomic E-state index is 13.2. The van der Waals surface area contributed by atoms with Crippen molar-refractivity contribution in [2.45, 2.75) is 26.8 Å². The summed E-state index contributed by atoms with van der Waals surface area (Å²) in [6, 6.07) is 13.6. The quantitative estimate of drug-likeness (QED) is 0.458. The Hall–Kier alpha value is -2.84. The van der Waals surface area contributed by atoms with E-state index >= 15 is 0 Å². The predicted molar refractivity (Wildman–Crippen MR) is 117 cm³/mol. The fourth-order valence-electron chi connectivity index (χ4n) is 3.16. The summed E-state index contributed by atoms with van der Waals surface area (Å²) >= 11 is 3.19. The van der Waals surface area contributed by atoms with Gasteiger partial charge in [0, 0.05) is 11.9 Å². The van der Waals surface area contributed by atoms with Crippen molar-refractivity contribution in [3.05, 3.63) is 69.2 Å². The molecule has 1 amide bonds. The lowest BCUT2D eigenvalue weighted by molar-refractivity contribution is 0.0732. The van der Waals surface area contributed by atoms with Crippen LogP contribution in [0.25, 0.3) is 16.4 Å². The minimum absolute atomic E-state index is 0.109. The molecule has 0 spiro atoms. The molecule has 3 aromatic heterocycles. The summed E-state index contributed by atoms with van der Waals surface area (Å²) in [6.45, 7) is 5.96. The fourth-order valence-corrected chi connectivity index (χ4v) is 4.88. The molecule has 1 aromatic carbocycles. The molecule has 8 heteroatoms. The van der Waals surface area contributed by atoms with Crippen LogP contribution in [0.2, 0.25) is 0 Å². The molecule has 0 N–H and O–H groups in total.